The fraction of sp³-hybridized carbons (Fsp3) is 0.700. The first-order valence-electron chi connectivity index (χ1n) is 5.03. The van der Waals surface area contributed by atoms with Gasteiger partial charge >= 0.3 is 12.1 Å². The third-order valence-corrected chi connectivity index (χ3v) is 2.36. The maximum Gasteiger partial charge on any atom is 0.471 e. The molecule has 1 aliphatic carbocycles. The summed E-state index contributed by atoms with van der Waals surface area (Å²) in [7, 11) is 0. The van der Waals surface area contributed by atoms with Crippen LogP contribution in [0.4, 0.5) is 13.2 Å². The summed E-state index contributed by atoms with van der Waals surface area (Å²) >= 11 is 0. The topological polar surface area (TPSA) is 29.1 Å². The van der Waals surface area contributed by atoms with Crippen LogP contribution in [-0.2, 0) is 4.79 Å². The van der Waals surface area contributed by atoms with Crippen LogP contribution in [-0.4, -0.2) is 18.1 Å². The van der Waals surface area contributed by atoms with Crippen LogP contribution < -0.4 is 5.32 Å². The van der Waals surface area contributed by atoms with Gasteiger partial charge in [0.2, 0.25) is 0 Å². The lowest BCUT2D eigenvalue weighted by atomic mass is 10.0. The standard InChI is InChI=1S/C10H14F3NO/c11-10(12,13)9(15)14-8-6-4-2-1-3-5-7-8/h1-2,8H,3-7H2,(H,14,15)/b2-1+. The maximum absolute atomic E-state index is 12.0. The molecule has 0 saturated heterocycles. The van der Waals surface area contributed by atoms with E-state index in [-0.39, 0.29) is 6.04 Å². The van der Waals surface area contributed by atoms with Crippen molar-refractivity contribution in [2.45, 2.75) is 44.3 Å². The van der Waals surface area contributed by atoms with E-state index < -0.39 is 12.1 Å². The van der Waals surface area contributed by atoms with Gasteiger partial charge in [0, 0.05) is 6.04 Å². The molecule has 0 spiro atoms. The minimum Gasteiger partial charge on any atom is -0.346 e. The molecule has 0 aromatic heterocycles. The van der Waals surface area contributed by atoms with Gasteiger partial charge in [0.25, 0.3) is 0 Å². The van der Waals surface area contributed by atoms with Gasteiger partial charge in [0.1, 0.15) is 0 Å². The van der Waals surface area contributed by atoms with Crippen molar-refractivity contribution in [2.24, 2.45) is 0 Å². The maximum atomic E-state index is 12.0. The number of allylic oxidation sites excluding steroid dienone is 2. The molecule has 1 unspecified atom stereocenters. The lowest BCUT2D eigenvalue weighted by molar-refractivity contribution is -0.174. The molecule has 1 atom stereocenters. The van der Waals surface area contributed by atoms with E-state index in [0.29, 0.717) is 12.8 Å². The van der Waals surface area contributed by atoms with Gasteiger partial charge < -0.3 is 5.32 Å². The summed E-state index contributed by atoms with van der Waals surface area (Å²) in [5.41, 5.74) is 0. The van der Waals surface area contributed by atoms with Crippen molar-refractivity contribution in [1.29, 1.82) is 0 Å². The smallest absolute Gasteiger partial charge is 0.346 e. The van der Waals surface area contributed by atoms with Crippen LogP contribution in [0.2, 0.25) is 0 Å². The Hall–Kier alpha value is -1.00. The van der Waals surface area contributed by atoms with Gasteiger partial charge in [0.05, 0.1) is 0 Å². The minimum atomic E-state index is -4.77. The third kappa shape index (κ3) is 4.36. The zero-order valence-corrected chi connectivity index (χ0v) is 8.31. The van der Waals surface area contributed by atoms with E-state index in [4.69, 9.17) is 0 Å². The van der Waals surface area contributed by atoms with Crippen LogP contribution in [0.15, 0.2) is 12.2 Å². The molecule has 15 heavy (non-hydrogen) atoms. The van der Waals surface area contributed by atoms with Gasteiger partial charge in [-0.3, -0.25) is 4.79 Å². The number of hydrogen-bond donors (Lipinski definition) is 1. The highest BCUT2D eigenvalue weighted by Gasteiger charge is 2.39. The first-order valence-corrected chi connectivity index (χ1v) is 5.03. The van der Waals surface area contributed by atoms with Crippen molar-refractivity contribution in [1.82, 2.24) is 5.32 Å². The summed E-state index contributed by atoms with van der Waals surface area (Å²) in [6, 6.07) is -0.343. The summed E-state index contributed by atoms with van der Waals surface area (Å²) < 4.78 is 35.9. The number of halogens is 3. The van der Waals surface area contributed by atoms with Crippen LogP contribution in [0, 0.1) is 0 Å². The summed E-state index contributed by atoms with van der Waals surface area (Å²) in [6.45, 7) is 0. The lowest BCUT2D eigenvalue weighted by Crippen LogP contribution is -2.43. The fourth-order valence-electron chi connectivity index (χ4n) is 1.57. The monoisotopic (exact) mass is 221 g/mol. The van der Waals surface area contributed by atoms with E-state index >= 15 is 0 Å². The summed E-state index contributed by atoms with van der Waals surface area (Å²) in [6.07, 6.45) is 2.83. The molecule has 0 fully saturated rings. The van der Waals surface area contributed by atoms with E-state index in [1.54, 1.807) is 0 Å². The molecular weight excluding hydrogens is 207 g/mol. The van der Waals surface area contributed by atoms with Crippen molar-refractivity contribution < 1.29 is 18.0 Å². The van der Waals surface area contributed by atoms with Crippen molar-refractivity contribution >= 4 is 5.91 Å². The molecule has 1 amide bonds. The molecule has 86 valence electrons. The van der Waals surface area contributed by atoms with Crippen LogP contribution in [0.5, 0.6) is 0 Å². The molecule has 0 saturated carbocycles. The summed E-state index contributed by atoms with van der Waals surface area (Å²) in [5, 5.41) is 2.03. The largest absolute Gasteiger partial charge is 0.471 e. The van der Waals surface area contributed by atoms with Gasteiger partial charge in [0.15, 0.2) is 0 Å². The predicted molar refractivity (Wildman–Crippen MR) is 50.2 cm³/mol. The normalized spacial score (nSPS) is 25.1. The van der Waals surface area contributed by atoms with Crippen molar-refractivity contribution in [3.63, 3.8) is 0 Å². The number of carbonyl (C=O) groups is 1. The number of amides is 1. The van der Waals surface area contributed by atoms with E-state index in [0.717, 1.165) is 19.3 Å². The Morgan fingerprint density at radius 1 is 1.20 bits per heavy atom. The number of nitrogens with one attached hydrogen (secondary N) is 1. The first kappa shape index (κ1) is 12.1. The van der Waals surface area contributed by atoms with Crippen LogP contribution in [0.3, 0.4) is 0 Å². The second-order valence-corrected chi connectivity index (χ2v) is 3.65. The zero-order valence-electron chi connectivity index (χ0n) is 8.31. The average Bonchev–Trinajstić information content (AvgIpc) is 2.07. The molecule has 0 aromatic rings. The van der Waals surface area contributed by atoms with Gasteiger partial charge in [-0.15, -0.1) is 0 Å². The van der Waals surface area contributed by atoms with Crippen LogP contribution in [0.1, 0.15) is 32.1 Å². The van der Waals surface area contributed by atoms with Gasteiger partial charge in [-0.05, 0) is 32.1 Å². The summed E-state index contributed by atoms with van der Waals surface area (Å²) in [4.78, 5) is 10.7. The molecule has 1 aliphatic rings. The van der Waals surface area contributed by atoms with Gasteiger partial charge in [-0.2, -0.15) is 13.2 Å². The molecule has 0 radical (unpaired) electrons. The number of hydrogen-bond acceptors (Lipinski definition) is 1. The zero-order chi connectivity index (χ0) is 11.3. The van der Waals surface area contributed by atoms with Crippen molar-refractivity contribution in [3.05, 3.63) is 12.2 Å². The average molecular weight is 221 g/mol. The molecule has 1 rings (SSSR count). The van der Waals surface area contributed by atoms with Gasteiger partial charge in [-0.25, -0.2) is 0 Å². The quantitative estimate of drug-likeness (QED) is 0.677. The Balaban J connectivity index is 2.43. The number of rotatable bonds is 1. The van der Waals surface area contributed by atoms with Crippen LogP contribution in [0.25, 0.3) is 0 Å². The molecule has 2 nitrogen and oxygen atoms in total. The molecule has 1 N–H and O–H groups in total. The van der Waals surface area contributed by atoms with Gasteiger partial charge in [-0.1, -0.05) is 12.2 Å². The summed E-state index contributed by atoms with van der Waals surface area (Å²) in [5.74, 6) is -1.82. The second kappa shape index (κ2) is 5.19. The Kier molecular flexibility index (Phi) is 4.17. The highest BCUT2D eigenvalue weighted by molar-refractivity contribution is 5.81. The Morgan fingerprint density at radius 2 is 1.87 bits per heavy atom. The van der Waals surface area contributed by atoms with Crippen molar-refractivity contribution in [2.75, 3.05) is 0 Å². The molecule has 0 aromatic carbocycles. The highest BCUT2D eigenvalue weighted by atomic mass is 19.4. The van der Waals surface area contributed by atoms with Crippen molar-refractivity contribution in [3.8, 4) is 0 Å². The van der Waals surface area contributed by atoms with E-state index in [1.807, 2.05) is 17.5 Å². The molecule has 0 heterocycles. The second-order valence-electron chi connectivity index (χ2n) is 3.65. The van der Waals surface area contributed by atoms with E-state index in [9.17, 15) is 18.0 Å². The fourth-order valence-corrected chi connectivity index (χ4v) is 1.57. The molecule has 0 bridgehead atoms. The van der Waals surface area contributed by atoms with E-state index in [1.165, 1.54) is 0 Å². The van der Waals surface area contributed by atoms with Crippen LogP contribution >= 0.6 is 0 Å². The number of carbonyl (C=O) groups excluding carboxylic acids is 1. The molecular formula is C10H14F3NO. The highest BCUT2D eigenvalue weighted by Crippen LogP contribution is 2.17. The molecule has 0 aliphatic heterocycles. The first-order chi connectivity index (χ1) is 7.00. The minimum absolute atomic E-state index is 0.343. The Bertz CT molecular complexity index is 248. The SMILES string of the molecule is O=C(NC1CC/C=C/CCC1)C(F)(F)F. The van der Waals surface area contributed by atoms with E-state index in [2.05, 4.69) is 0 Å². The third-order valence-electron chi connectivity index (χ3n) is 2.36. The predicted octanol–water partition coefficient (Wildman–Crippen LogP) is 2.55. The molecule has 5 heteroatoms. The number of alkyl halides is 3. The lowest BCUT2D eigenvalue weighted by Gasteiger charge is -2.19. The Labute approximate surface area is 86.5 Å². The Morgan fingerprint density at radius 3 is 2.53 bits per heavy atom.